The molecule has 8 N–H and O–H groups in total. The minimum absolute atomic E-state index is 0.0218. The molecule has 0 spiro atoms. The monoisotopic (exact) mass is 507 g/mol. The first-order valence-electron chi connectivity index (χ1n) is 11.5. The Hall–Kier alpha value is -4.29. The number of aliphatic hydroxyl groups excluding tert-OH is 2. The molecule has 12 heteroatoms. The zero-order chi connectivity index (χ0) is 27.0. The van der Waals surface area contributed by atoms with Crippen molar-refractivity contribution in [3.05, 3.63) is 52.6 Å². The minimum atomic E-state index is -2.70. The molecule has 0 unspecified atom stereocenters. The Kier molecular flexibility index (Phi) is 5.35. The van der Waals surface area contributed by atoms with Gasteiger partial charge in [-0.3, -0.25) is 19.3 Å². The maximum absolute atomic E-state index is 13.9. The van der Waals surface area contributed by atoms with Crippen molar-refractivity contribution in [3.63, 3.8) is 0 Å². The Morgan fingerprint density at radius 3 is 2.41 bits per heavy atom. The van der Waals surface area contributed by atoms with Gasteiger partial charge in [-0.05, 0) is 50.6 Å². The van der Waals surface area contributed by atoms with Crippen molar-refractivity contribution in [1.82, 2.24) is 14.9 Å². The van der Waals surface area contributed by atoms with E-state index in [9.17, 15) is 34.8 Å². The zero-order valence-corrected chi connectivity index (χ0v) is 20.0. The average molecular weight is 508 g/mol. The van der Waals surface area contributed by atoms with E-state index >= 15 is 0 Å². The molecule has 2 aromatic rings. The van der Waals surface area contributed by atoms with Crippen molar-refractivity contribution in [2.75, 3.05) is 19.8 Å². The highest BCUT2D eigenvalue weighted by Crippen LogP contribution is 2.54. The number of carbonyl (C=O) groups is 3. The van der Waals surface area contributed by atoms with Gasteiger partial charge in [0, 0.05) is 29.4 Å². The van der Waals surface area contributed by atoms with E-state index in [2.05, 4.69) is 9.97 Å². The third-order valence-corrected chi connectivity index (χ3v) is 7.56. The number of aromatic hydroxyl groups is 1. The molecule has 0 aliphatic heterocycles. The average Bonchev–Trinajstić information content (AvgIpc) is 2.83. The van der Waals surface area contributed by atoms with Gasteiger partial charge in [0.15, 0.2) is 17.2 Å². The Bertz CT molecular complexity index is 1450. The number of fused-ring (bicyclic) bond motifs is 3. The summed E-state index contributed by atoms with van der Waals surface area (Å²) in [5.74, 6) is -7.02. The smallest absolute Gasteiger partial charge is 0.255 e. The standard InChI is InChI=1S/C25H25N5O7/c1-30(2)17-12-7-9-6-10-11(24-28-4-3-5-29-24)8-13(26)18(31)15(10)19(32)14(9)21(34)25(12,37)22(35)16(20(17)33)23(27)36/h3-5,8-9,12,17,31-32,35,37H,6-7,26H2,1-2H3,(H2,27,36)/t9-,12-,17+,25-/m0/s1. The third-order valence-electron chi connectivity index (χ3n) is 7.56. The third kappa shape index (κ3) is 3.19. The van der Waals surface area contributed by atoms with Crippen LogP contribution in [0.2, 0.25) is 0 Å². The van der Waals surface area contributed by atoms with Crippen LogP contribution in [0, 0.1) is 11.8 Å². The number of benzene rings is 1. The van der Waals surface area contributed by atoms with Gasteiger partial charge in [0.25, 0.3) is 5.91 Å². The van der Waals surface area contributed by atoms with Gasteiger partial charge in [-0.25, -0.2) is 9.97 Å². The molecular weight excluding hydrogens is 482 g/mol. The number of primary amides is 1. The van der Waals surface area contributed by atoms with Crippen LogP contribution >= 0.6 is 0 Å². The Morgan fingerprint density at radius 1 is 1.16 bits per heavy atom. The fraction of sp³-hybridized carbons (Fsp3) is 0.320. The second-order valence-electron chi connectivity index (χ2n) is 9.75. The van der Waals surface area contributed by atoms with Crippen LogP contribution in [0.1, 0.15) is 17.5 Å². The van der Waals surface area contributed by atoms with Crippen molar-refractivity contribution in [2.45, 2.75) is 24.5 Å². The van der Waals surface area contributed by atoms with Crippen LogP contribution in [-0.4, -0.2) is 78.5 Å². The highest BCUT2D eigenvalue weighted by molar-refractivity contribution is 6.24. The van der Waals surface area contributed by atoms with Crippen LogP contribution in [0.4, 0.5) is 5.69 Å². The number of phenols is 1. The summed E-state index contributed by atoms with van der Waals surface area (Å²) in [7, 11) is 3.08. The van der Waals surface area contributed by atoms with E-state index in [4.69, 9.17) is 11.5 Å². The molecule has 0 bridgehead atoms. The first kappa shape index (κ1) is 24.4. The van der Waals surface area contributed by atoms with E-state index in [-0.39, 0.29) is 35.5 Å². The molecule has 4 atom stereocenters. The number of hydrogen-bond donors (Lipinski definition) is 6. The first-order chi connectivity index (χ1) is 17.4. The summed E-state index contributed by atoms with van der Waals surface area (Å²) < 4.78 is 0. The normalized spacial score (nSPS) is 27.2. The second kappa shape index (κ2) is 8.11. The summed E-state index contributed by atoms with van der Waals surface area (Å²) in [4.78, 5) is 49.0. The first-order valence-corrected chi connectivity index (χ1v) is 11.5. The lowest BCUT2D eigenvalue weighted by Gasteiger charge is -2.50. The van der Waals surface area contributed by atoms with Gasteiger partial charge in [0.1, 0.15) is 22.8 Å². The lowest BCUT2D eigenvalue weighted by molar-refractivity contribution is -0.153. The lowest BCUT2D eigenvalue weighted by Crippen LogP contribution is -2.65. The molecule has 1 aromatic carbocycles. The number of nitrogens with zero attached hydrogens (tertiary/aromatic N) is 3. The van der Waals surface area contributed by atoms with E-state index < -0.39 is 63.8 Å². The quantitative estimate of drug-likeness (QED) is 0.185. The topological polar surface area (TPSA) is 213 Å². The van der Waals surface area contributed by atoms with Crippen LogP contribution in [0.15, 0.2) is 41.4 Å². The molecule has 1 amide bonds. The molecule has 1 fully saturated rings. The van der Waals surface area contributed by atoms with E-state index in [1.165, 1.54) is 23.4 Å². The lowest BCUT2D eigenvalue weighted by atomic mass is 9.57. The number of nitrogen functional groups attached to an aromatic ring is 1. The van der Waals surface area contributed by atoms with Crippen molar-refractivity contribution in [1.29, 1.82) is 0 Å². The van der Waals surface area contributed by atoms with E-state index in [1.54, 1.807) is 20.2 Å². The maximum atomic E-state index is 13.9. The fourth-order valence-corrected chi connectivity index (χ4v) is 5.97. The number of Topliss-reactive ketones (excluding diaryl/α,β-unsaturated/α-hetero) is 2. The molecule has 3 aliphatic carbocycles. The number of aliphatic hydroxyl groups is 3. The van der Waals surface area contributed by atoms with Crippen LogP contribution in [-0.2, 0) is 20.8 Å². The molecular formula is C25H25N5O7. The SMILES string of the molecule is CN(C)[C@H]1C(=O)C(C(N)=O)=C(O)[C@@]2(O)C(=O)C3=C(O)c4c(O)c(N)cc(-c5ncccn5)c4C[C@H]3C[C@@H]12. The van der Waals surface area contributed by atoms with Gasteiger partial charge in [-0.2, -0.15) is 0 Å². The van der Waals surface area contributed by atoms with Gasteiger partial charge in [-0.15, -0.1) is 0 Å². The summed E-state index contributed by atoms with van der Waals surface area (Å²) in [5.41, 5.74) is 8.17. The molecule has 0 saturated heterocycles. The number of hydrogen-bond acceptors (Lipinski definition) is 11. The van der Waals surface area contributed by atoms with Crippen molar-refractivity contribution in [3.8, 4) is 17.1 Å². The highest BCUT2D eigenvalue weighted by Gasteiger charge is 2.64. The van der Waals surface area contributed by atoms with E-state index in [1.807, 2.05) is 0 Å². The van der Waals surface area contributed by atoms with Crippen molar-refractivity contribution in [2.24, 2.45) is 17.6 Å². The molecule has 192 valence electrons. The number of phenolic OH excluding ortho intramolecular Hbond substituents is 1. The summed E-state index contributed by atoms with van der Waals surface area (Å²) >= 11 is 0. The molecule has 37 heavy (non-hydrogen) atoms. The number of carbonyl (C=O) groups excluding carboxylic acids is 3. The van der Waals surface area contributed by atoms with Gasteiger partial charge >= 0.3 is 0 Å². The summed E-state index contributed by atoms with van der Waals surface area (Å²) in [6.45, 7) is 0. The second-order valence-corrected chi connectivity index (χ2v) is 9.75. The highest BCUT2D eigenvalue weighted by atomic mass is 16.3. The molecule has 5 rings (SSSR count). The number of rotatable bonds is 3. The van der Waals surface area contributed by atoms with E-state index in [0.717, 1.165) is 0 Å². The number of aromatic nitrogens is 2. The molecule has 0 radical (unpaired) electrons. The zero-order valence-electron chi connectivity index (χ0n) is 20.0. The number of likely N-dealkylation sites (N-methyl/N-ethyl adjacent to an activating group) is 1. The van der Waals surface area contributed by atoms with Crippen molar-refractivity contribution >= 4 is 28.9 Å². The van der Waals surface area contributed by atoms with Gasteiger partial charge in [-0.1, -0.05) is 0 Å². The summed E-state index contributed by atoms with van der Waals surface area (Å²) in [5, 5.41) is 44.6. The van der Waals surface area contributed by atoms with E-state index in [0.29, 0.717) is 11.1 Å². The number of nitrogens with two attached hydrogens (primary N) is 2. The number of ketones is 2. The predicted molar refractivity (Wildman–Crippen MR) is 130 cm³/mol. The summed E-state index contributed by atoms with van der Waals surface area (Å²) in [6, 6.07) is 1.94. The van der Waals surface area contributed by atoms with Gasteiger partial charge in [0.05, 0.1) is 17.3 Å². The minimum Gasteiger partial charge on any atom is -0.508 e. The van der Waals surface area contributed by atoms with Crippen molar-refractivity contribution < 1.29 is 34.8 Å². The largest absolute Gasteiger partial charge is 0.508 e. The Labute approximate surface area is 210 Å². The Morgan fingerprint density at radius 2 is 1.81 bits per heavy atom. The number of amides is 1. The number of anilines is 1. The van der Waals surface area contributed by atoms with Gasteiger partial charge < -0.3 is 31.9 Å². The van der Waals surface area contributed by atoms with Crippen LogP contribution in [0.25, 0.3) is 17.1 Å². The van der Waals surface area contributed by atoms with Crippen LogP contribution in [0.3, 0.4) is 0 Å². The molecule has 1 aromatic heterocycles. The molecule has 3 aliphatic rings. The maximum Gasteiger partial charge on any atom is 0.255 e. The fourth-order valence-electron chi connectivity index (χ4n) is 5.97. The predicted octanol–water partition coefficient (Wildman–Crippen LogP) is 0.00320. The molecule has 1 heterocycles. The molecule has 1 saturated carbocycles. The summed E-state index contributed by atoms with van der Waals surface area (Å²) in [6.07, 6.45) is 3.13. The molecule has 12 nitrogen and oxygen atoms in total. The van der Waals surface area contributed by atoms with Gasteiger partial charge in [0.2, 0.25) is 5.78 Å². The van der Waals surface area contributed by atoms with Crippen LogP contribution < -0.4 is 11.5 Å². The Balaban J connectivity index is 1.77. The van der Waals surface area contributed by atoms with Crippen LogP contribution in [0.5, 0.6) is 5.75 Å².